The topological polar surface area (TPSA) is 12.0 Å². The van der Waals surface area contributed by atoms with Gasteiger partial charge in [-0.25, -0.2) is 0 Å². The second-order valence-corrected chi connectivity index (χ2v) is 3.06. The fraction of sp³-hybridized carbons (Fsp3) is 0.250. The summed E-state index contributed by atoms with van der Waals surface area (Å²) in [6.07, 6.45) is 3.91. The van der Waals surface area contributed by atoms with Crippen LogP contribution in [0.2, 0.25) is 0 Å². The molecular weight excluding hydrogens is 158 g/mol. The van der Waals surface area contributed by atoms with Crippen molar-refractivity contribution in [2.24, 2.45) is 0 Å². The van der Waals surface area contributed by atoms with E-state index in [0.717, 1.165) is 19.4 Å². The van der Waals surface area contributed by atoms with E-state index in [1.54, 1.807) is 0 Å². The molecular formula is C12H16N. The molecule has 1 nitrogen and oxygen atoms in total. The van der Waals surface area contributed by atoms with E-state index in [-0.39, 0.29) is 0 Å². The first-order valence-corrected chi connectivity index (χ1v) is 4.55. The maximum atomic E-state index is 3.71. The molecule has 13 heavy (non-hydrogen) atoms. The predicted molar refractivity (Wildman–Crippen MR) is 57.4 cm³/mol. The van der Waals surface area contributed by atoms with Gasteiger partial charge in [-0.3, -0.25) is 0 Å². The van der Waals surface area contributed by atoms with Crippen LogP contribution in [-0.2, 0) is 12.8 Å². The second kappa shape index (κ2) is 5.55. The molecule has 0 aliphatic heterocycles. The Hall–Kier alpha value is -1.08. The molecule has 1 aromatic rings. The van der Waals surface area contributed by atoms with E-state index < -0.39 is 0 Å². The van der Waals surface area contributed by atoms with Crippen LogP contribution in [0, 0.1) is 7.05 Å². The van der Waals surface area contributed by atoms with Crippen molar-refractivity contribution in [2.75, 3.05) is 6.54 Å². The van der Waals surface area contributed by atoms with Crippen LogP contribution in [0.3, 0.4) is 0 Å². The quantitative estimate of drug-likeness (QED) is 0.676. The molecule has 1 aromatic carbocycles. The lowest BCUT2D eigenvalue weighted by Crippen LogP contribution is -2.07. The summed E-state index contributed by atoms with van der Waals surface area (Å²) in [5.41, 5.74) is 2.67. The van der Waals surface area contributed by atoms with Crippen molar-refractivity contribution in [3.8, 4) is 0 Å². The molecule has 0 amide bonds. The Morgan fingerprint density at radius 1 is 1.15 bits per heavy atom. The largest absolute Gasteiger partial charge is 0.315 e. The molecule has 1 heteroatoms. The van der Waals surface area contributed by atoms with Crippen molar-refractivity contribution in [2.45, 2.75) is 12.8 Å². The number of hydrogen-bond acceptors (Lipinski definition) is 1. The molecule has 0 saturated heterocycles. The van der Waals surface area contributed by atoms with Crippen molar-refractivity contribution in [1.82, 2.24) is 5.32 Å². The summed E-state index contributed by atoms with van der Waals surface area (Å²) >= 11 is 0. The van der Waals surface area contributed by atoms with E-state index in [1.165, 1.54) is 11.1 Å². The first-order valence-electron chi connectivity index (χ1n) is 4.55. The molecule has 0 fully saturated rings. The fourth-order valence-electron chi connectivity index (χ4n) is 1.24. The van der Waals surface area contributed by atoms with Crippen LogP contribution in [0.5, 0.6) is 0 Å². The van der Waals surface area contributed by atoms with Gasteiger partial charge in [0.05, 0.1) is 0 Å². The highest BCUT2D eigenvalue weighted by Crippen LogP contribution is 2.05. The maximum absolute atomic E-state index is 3.71. The van der Waals surface area contributed by atoms with E-state index in [1.807, 2.05) is 6.08 Å². The summed E-state index contributed by atoms with van der Waals surface area (Å²) in [6, 6.07) is 8.63. The number of benzene rings is 1. The summed E-state index contributed by atoms with van der Waals surface area (Å²) in [7, 11) is 3.58. The number of hydrogen-bond donors (Lipinski definition) is 1. The molecule has 1 radical (unpaired) electrons. The number of rotatable bonds is 5. The van der Waals surface area contributed by atoms with Crippen molar-refractivity contribution in [3.63, 3.8) is 0 Å². The van der Waals surface area contributed by atoms with Gasteiger partial charge < -0.3 is 5.32 Å². The predicted octanol–water partition coefficient (Wildman–Crippen LogP) is 2.34. The Kier molecular flexibility index (Phi) is 4.27. The molecule has 0 heterocycles. The van der Waals surface area contributed by atoms with Gasteiger partial charge in [0, 0.05) is 7.05 Å². The summed E-state index contributed by atoms with van der Waals surface area (Å²) in [5.74, 6) is 0. The van der Waals surface area contributed by atoms with E-state index in [0.29, 0.717) is 0 Å². The molecule has 1 N–H and O–H groups in total. The van der Waals surface area contributed by atoms with E-state index in [9.17, 15) is 0 Å². The lowest BCUT2D eigenvalue weighted by Gasteiger charge is -2.01. The molecule has 0 aliphatic carbocycles. The minimum Gasteiger partial charge on any atom is -0.315 e. The van der Waals surface area contributed by atoms with Crippen molar-refractivity contribution < 1.29 is 0 Å². The Labute approximate surface area is 80.5 Å². The molecule has 0 atom stereocenters. The fourth-order valence-corrected chi connectivity index (χ4v) is 1.24. The zero-order valence-electron chi connectivity index (χ0n) is 7.92. The molecule has 0 bridgehead atoms. The molecule has 0 unspecified atom stereocenters. The standard InChI is InChI=1S/C12H16N/c1-3-4-11-5-7-12(8-6-11)9-10-13-2/h3,5-8,13H,1-2,4,9-10H2. The Bertz CT molecular complexity index is 248. The molecule has 1 rings (SSSR count). The van der Waals surface area contributed by atoms with Gasteiger partial charge in [-0.05, 0) is 30.5 Å². The Morgan fingerprint density at radius 3 is 2.31 bits per heavy atom. The van der Waals surface area contributed by atoms with Gasteiger partial charge in [-0.15, -0.1) is 6.58 Å². The third-order valence-electron chi connectivity index (χ3n) is 1.99. The van der Waals surface area contributed by atoms with Gasteiger partial charge in [-0.2, -0.15) is 0 Å². The highest BCUT2D eigenvalue weighted by molar-refractivity contribution is 5.24. The van der Waals surface area contributed by atoms with Crippen molar-refractivity contribution in [3.05, 3.63) is 55.1 Å². The summed E-state index contributed by atoms with van der Waals surface area (Å²) in [4.78, 5) is 0. The average Bonchev–Trinajstić information content (AvgIpc) is 2.17. The molecule has 0 saturated carbocycles. The first-order chi connectivity index (χ1) is 6.36. The van der Waals surface area contributed by atoms with Gasteiger partial charge in [0.2, 0.25) is 0 Å². The summed E-state index contributed by atoms with van der Waals surface area (Å²) in [5, 5.41) is 2.89. The van der Waals surface area contributed by atoms with Gasteiger partial charge >= 0.3 is 0 Å². The van der Waals surface area contributed by atoms with E-state index in [2.05, 4.69) is 43.2 Å². The number of allylic oxidation sites excluding steroid dienone is 1. The molecule has 69 valence electrons. The minimum atomic E-state index is 0.931. The Morgan fingerprint density at radius 2 is 1.77 bits per heavy atom. The first kappa shape index (κ1) is 10.0. The van der Waals surface area contributed by atoms with Crippen LogP contribution >= 0.6 is 0 Å². The van der Waals surface area contributed by atoms with Crippen LogP contribution in [0.4, 0.5) is 0 Å². The van der Waals surface area contributed by atoms with Gasteiger partial charge in [0.15, 0.2) is 0 Å². The normalized spacial score (nSPS) is 9.92. The highest BCUT2D eigenvalue weighted by Gasteiger charge is 1.92. The minimum absolute atomic E-state index is 0.931. The molecule has 0 spiro atoms. The maximum Gasteiger partial charge on any atom is 0.00768 e. The second-order valence-electron chi connectivity index (χ2n) is 3.06. The van der Waals surface area contributed by atoms with E-state index in [4.69, 9.17) is 0 Å². The van der Waals surface area contributed by atoms with E-state index >= 15 is 0 Å². The SMILES string of the molecule is [CH2]NCCc1ccc(CC=C)cc1. The molecule has 0 aliphatic rings. The van der Waals surface area contributed by atoms with Crippen LogP contribution in [0.1, 0.15) is 11.1 Å². The van der Waals surface area contributed by atoms with Crippen LogP contribution in [0.25, 0.3) is 0 Å². The third-order valence-corrected chi connectivity index (χ3v) is 1.99. The monoisotopic (exact) mass is 174 g/mol. The number of nitrogens with one attached hydrogen (secondary N) is 1. The van der Waals surface area contributed by atoms with Gasteiger partial charge in [0.25, 0.3) is 0 Å². The third kappa shape index (κ3) is 3.43. The van der Waals surface area contributed by atoms with Gasteiger partial charge in [-0.1, -0.05) is 30.3 Å². The van der Waals surface area contributed by atoms with Crippen molar-refractivity contribution >= 4 is 0 Å². The van der Waals surface area contributed by atoms with Crippen LogP contribution < -0.4 is 5.32 Å². The zero-order chi connectivity index (χ0) is 9.52. The highest BCUT2D eigenvalue weighted by atomic mass is 14.8. The summed E-state index contributed by atoms with van der Waals surface area (Å²) in [6.45, 7) is 4.64. The Balaban J connectivity index is 2.53. The zero-order valence-corrected chi connectivity index (χ0v) is 7.92. The van der Waals surface area contributed by atoms with Gasteiger partial charge in [0.1, 0.15) is 0 Å². The lowest BCUT2D eigenvalue weighted by molar-refractivity contribution is 0.829. The van der Waals surface area contributed by atoms with Crippen molar-refractivity contribution in [1.29, 1.82) is 0 Å². The lowest BCUT2D eigenvalue weighted by atomic mass is 10.1. The average molecular weight is 174 g/mol. The van der Waals surface area contributed by atoms with Crippen LogP contribution in [-0.4, -0.2) is 6.54 Å². The summed E-state index contributed by atoms with van der Waals surface area (Å²) < 4.78 is 0. The smallest absolute Gasteiger partial charge is 0.00768 e. The molecule has 0 aromatic heterocycles. The van der Waals surface area contributed by atoms with Crippen LogP contribution in [0.15, 0.2) is 36.9 Å².